The Bertz CT molecular complexity index is 1090. The van der Waals surface area contributed by atoms with Crippen molar-refractivity contribution < 1.29 is 9.21 Å². The SMILES string of the molecule is Cc1cccc(C)c1NC(=O)CN1CCN(Cn2nc(-c3ccco3)n(C)c2=S)CC1. The molecule has 2 aromatic heterocycles. The van der Waals surface area contributed by atoms with Crippen LogP contribution in [-0.4, -0.2) is 62.8 Å². The summed E-state index contributed by atoms with van der Waals surface area (Å²) in [5.74, 6) is 1.45. The number of hydrogen-bond donors (Lipinski definition) is 1. The fourth-order valence-electron chi connectivity index (χ4n) is 3.87. The van der Waals surface area contributed by atoms with E-state index in [0.717, 1.165) is 48.8 Å². The Morgan fingerprint density at radius 2 is 1.77 bits per heavy atom. The molecule has 3 heterocycles. The summed E-state index contributed by atoms with van der Waals surface area (Å²) < 4.78 is 9.81. The molecule has 0 aliphatic carbocycles. The summed E-state index contributed by atoms with van der Waals surface area (Å²) in [6.07, 6.45) is 1.63. The number of amides is 1. The Labute approximate surface area is 187 Å². The molecule has 0 radical (unpaired) electrons. The molecule has 4 rings (SSSR count). The summed E-state index contributed by atoms with van der Waals surface area (Å²) in [5.41, 5.74) is 3.08. The van der Waals surface area contributed by atoms with Gasteiger partial charge in [-0.3, -0.25) is 14.6 Å². The van der Waals surface area contributed by atoms with Gasteiger partial charge in [0.25, 0.3) is 0 Å². The zero-order valence-corrected chi connectivity index (χ0v) is 19.0. The number of nitrogens with zero attached hydrogens (tertiary/aromatic N) is 5. The molecule has 31 heavy (non-hydrogen) atoms. The Kier molecular flexibility index (Phi) is 6.35. The van der Waals surface area contributed by atoms with Gasteiger partial charge >= 0.3 is 0 Å². The monoisotopic (exact) mass is 440 g/mol. The average molecular weight is 441 g/mol. The van der Waals surface area contributed by atoms with Gasteiger partial charge in [0, 0.05) is 38.9 Å². The van der Waals surface area contributed by atoms with Gasteiger partial charge in [0.1, 0.15) is 0 Å². The topological polar surface area (TPSA) is 71.5 Å². The largest absolute Gasteiger partial charge is 0.461 e. The lowest BCUT2D eigenvalue weighted by molar-refractivity contribution is -0.117. The van der Waals surface area contributed by atoms with E-state index in [9.17, 15) is 4.79 Å². The second-order valence-corrected chi connectivity index (χ2v) is 8.36. The van der Waals surface area contributed by atoms with E-state index in [-0.39, 0.29) is 5.91 Å². The maximum atomic E-state index is 12.5. The average Bonchev–Trinajstić information content (AvgIpc) is 3.37. The van der Waals surface area contributed by atoms with Crippen LogP contribution in [0.4, 0.5) is 5.69 Å². The minimum absolute atomic E-state index is 0.0286. The summed E-state index contributed by atoms with van der Waals surface area (Å²) in [7, 11) is 1.90. The van der Waals surface area contributed by atoms with Crippen LogP contribution < -0.4 is 5.32 Å². The molecule has 8 nitrogen and oxygen atoms in total. The molecule has 164 valence electrons. The highest BCUT2D eigenvalue weighted by Crippen LogP contribution is 2.20. The molecule has 1 amide bonds. The number of anilines is 1. The molecule has 0 saturated carbocycles. The Morgan fingerprint density at radius 1 is 1.10 bits per heavy atom. The van der Waals surface area contributed by atoms with Crippen molar-refractivity contribution in [3.63, 3.8) is 0 Å². The minimum Gasteiger partial charge on any atom is -0.461 e. The van der Waals surface area contributed by atoms with Crippen molar-refractivity contribution in [2.45, 2.75) is 20.5 Å². The third kappa shape index (κ3) is 4.79. The third-order valence-electron chi connectivity index (χ3n) is 5.69. The zero-order chi connectivity index (χ0) is 22.0. The van der Waals surface area contributed by atoms with Gasteiger partial charge in [-0.1, -0.05) is 18.2 Å². The normalized spacial score (nSPS) is 15.3. The van der Waals surface area contributed by atoms with Gasteiger partial charge in [0.2, 0.25) is 5.91 Å². The van der Waals surface area contributed by atoms with Gasteiger partial charge in [-0.25, -0.2) is 4.68 Å². The van der Waals surface area contributed by atoms with Gasteiger partial charge in [0.15, 0.2) is 16.4 Å². The molecule has 0 atom stereocenters. The van der Waals surface area contributed by atoms with E-state index in [4.69, 9.17) is 16.6 Å². The van der Waals surface area contributed by atoms with E-state index in [0.29, 0.717) is 23.7 Å². The first-order valence-electron chi connectivity index (χ1n) is 10.4. The molecule has 1 N–H and O–H groups in total. The van der Waals surface area contributed by atoms with E-state index < -0.39 is 0 Å². The van der Waals surface area contributed by atoms with Crippen molar-refractivity contribution in [1.82, 2.24) is 24.1 Å². The number of hydrogen-bond acceptors (Lipinski definition) is 6. The maximum Gasteiger partial charge on any atom is 0.238 e. The van der Waals surface area contributed by atoms with Gasteiger partial charge in [-0.15, -0.1) is 5.10 Å². The van der Waals surface area contributed by atoms with Crippen LogP contribution in [0.25, 0.3) is 11.6 Å². The Hall–Kier alpha value is -2.75. The van der Waals surface area contributed by atoms with Crippen LogP contribution in [0.5, 0.6) is 0 Å². The van der Waals surface area contributed by atoms with Gasteiger partial charge in [-0.2, -0.15) is 0 Å². The van der Waals surface area contributed by atoms with Gasteiger partial charge in [-0.05, 0) is 49.3 Å². The predicted molar refractivity (Wildman–Crippen MR) is 122 cm³/mol. The quantitative estimate of drug-likeness (QED) is 0.594. The number of aromatic nitrogens is 3. The summed E-state index contributed by atoms with van der Waals surface area (Å²) in [4.78, 5) is 17.0. The van der Waals surface area contributed by atoms with Crippen LogP contribution in [-0.2, 0) is 18.5 Å². The van der Waals surface area contributed by atoms with Crippen LogP contribution >= 0.6 is 12.2 Å². The fourth-order valence-corrected chi connectivity index (χ4v) is 4.06. The molecule has 1 aliphatic heterocycles. The van der Waals surface area contributed by atoms with Crippen molar-refractivity contribution in [2.75, 3.05) is 38.0 Å². The first-order chi connectivity index (χ1) is 14.9. The standard InChI is InChI=1S/C22H28N6O2S/c1-16-6-4-7-17(2)20(16)23-19(29)14-26-9-11-27(12-10-26)15-28-22(31)25(3)21(24-28)18-8-5-13-30-18/h4-8,13H,9-12,14-15H2,1-3H3,(H,23,29). The molecule has 9 heteroatoms. The fraction of sp³-hybridized carbons (Fsp3) is 0.409. The number of furan rings is 1. The summed E-state index contributed by atoms with van der Waals surface area (Å²) in [6, 6.07) is 9.75. The molecule has 3 aromatic rings. The van der Waals surface area contributed by atoms with Crippen molar-refractivity contribution in [3.05, 3.63) is 52.5 Å². The number of para-hydroxylation sites is 1. The smallest absolute Gasteiger partial charge is 0.238 e. The number of piperazine rings is 1. The van der Waals surface area contributed by atoms with Crippen molar-refractivity contribution in [2.24, 2.45) is 7.05 Å². The molecule has 1 aliphatic rings. The molecular formula is C22H28N6O2S. The molecule has 1 aromatic carbocycles. The summed E-state index contributed by atoms with van der Waals surface area (Å²) >= 11 is 5.55. The first-order valence-corrected chi connectivity index (χ1v) is 10.8. The second kappa shape index (κ2) is 9.17. The van der Waals surface area contributed by atoms with E-state index in [1.54, 1.807) is 6.26 Å². The maximum absolute atomic E-state index is 12.5. The molecule has 1 saturated heterocycles. The number of aryl methyl sites for hydroxylation is 2. The molecule has 1 fully saturated rings. The number of nitrogens with one attached hydrogen (secondary N) is 1. The van der Waals surface area contributed by atoms with E-state index in [1.165, 1.54) is 0 Å². The Morgan fingerprint density at radius 3 is 2.42 bits per heavy atom. The predicted octanol–water partition coefficient (Wildman–Crippen LogP) is 3.04. The van der Waals surface area contributed by atoms with E-state index >= 15 is 0 Å². The molecule has 0 unspecified atom stereocenters. The van der Waals surface area contributed by atoms with Crippen LogP contribution in [0.1, 0.15) is 11.1 Å². The highest BCUT2D eigenvalue weighted by molar-refractivity contribution is 7.71. The lowest BCUT2D eigenvalue weighted by Crippen LogP contribution is -2.49. The summed E-state index contributed by atoms with van der Waals surface area (Å²) in [6.45, 7) is 8.40. The second-order valence-electron chi connectivity index (χ2n) is 7.99. The highest BCUT2D eigenvalue weighted by atomic mass is 32.1. The minimum atomic E-state index is 0.0286. The highest BCUT2D eigenvalue weighted by Gasteiger charge is 2.21. The van der Waals surface area contributed by atoms with Gasteiger partial charge < -0.3 is 14.3 Å². The molecular weight excluding hydrogens is 412 g/mol. The zero-order valence-electron chi connectivity index (χ0n) is 18.2. The third-order valence-corrected chi connectivity index (χ3v) is 6.18. The van der Waals surface area contributed by atoms with E-state index in [2.05, 4.69) is 20.2 Å². The first kappa shape index (κ1) is 21.5. The number of benzene rings is 1. The van der Waals surface area contributed by atoms with Crippen molar-refractivity contribution in [3.8, 4) is 11.6 Å². The van der Waals surface area contributed by atoms with Crippen LogP contribution in [0.3, 0.4) is 0 Å². The molecule has 0 bridgehead atoms. The van der Waals surface area contributed by atoms with Gasteiger partial charge in [0.05, 0.1) is 19.5 Å². The number of carbonyl (C=O) groups excluding carboxylic acids is 1. The van der Waals surface area contributed by atoms with Crippen LogP contribution in [0.2, 0.25) is 0 Å². The Balaban J connectivity index is 1.31. The lowest BCUT2D eigenvalue weighted by atomic mass is 10.1. The molecule has 0 spiro atoms. The number of carbonyl (C=O) groups is 1. The lowest BCUT2D eigenvalue weighted by Gasteiger charge is -2.34. The summed E-state index contributed by atoms with van der Waals surface area (Å²) in [5, 5.41) is 7.71. The number of rotatable bonds is 6. The van der Waals surface area contributed by atoms with Crippen molar-refractivity contribution in [1.29, 1.82) is 0 Å². The van der Waals surface area contributed by atoms with Crippen LogP contribution in [0.15, 0.2) is 41.0 Å². The van der Waals surface area contributed by atoms with E-state index in [1.807, 2.05) is 60.5 Å². The van der Waals surface area contributed by atoms with Crippen molar-refractivity contribution >= 4 is 23.8 Å². The van der Waals surface area contributed by atoms with Crippen LogP contribution in [0, 0.1) is 18.6 Å².